The summed E-state index contributed by atoms with van der Waals surface area (Å²) < 4.78 is 0. The van der Waals surface area contributed by atoms with Crippen LogP contribution in [0.25, 0.3) is 0 Å². The third-order valence-corrected chi connectivity index (χ3v) is 1.39. The topological polar surface area (TPSA) is 39.3 Å². The van der Waals surface area contributed by atoms with Crippen molar-refractivity contribution in [3.63, 3.8) is 0 Å². The molecule has 4 heteroatoms. The molecule has 1 aliphatic rings. The maximum Gasteiger partial charge on any atom is 0.0465 e. The highest BCUT2D eigenvalue weighted by atomic mass is 15.7. The molecule has 0 atom stereocenters. The number of rotatable bonds is 3. The molecule has 0 spiro atoms. The Labute approximate surface area is 61.2 Å². The van der Waals surface area contributed by atoms with E-state index in [0.717, 1.165) is 13.0 Å². The molecule has 1 heterocycles. The Balaban J connectivity index is 2.17. The Morgan fingerprint density at radius 2 is 2.50 bits per heavy atom. The van der Waals surface area contributed by atoms with Crippen LogP contribution in [0, 0.1) is 0 Å². The first kappa shape index (κ1) is 7.37. The number of hydrazine groups is 2. The van der Waals surface area contributed by atoms with Crippen molar-refractivity contribution in [3.05, 3.63) is 11.9 Å². The minimum Gasteiger partial charge on any atom is -0.319 e. The largest absolute Gasteiger partial charge is 0.319 e. The van der Waals surface area contributed by atoms with Crippen LogP contribution in [-0.4, -0.2) is 25.8 Å². The smallest absolute Gasteiger partial charge is 0.0465 e. The van der Waals surface area contributed by atoms with Gasteiger partial charge in [0, 0.05) is 31.9 Å². The van der Waals surface area contributed by atoms with Crippen molar-refractivity contribution in [1.82, 2.24) is 21.3 Å². The highest BCUT2D eigenvalue weighted by molar-refractivity contribution is 5.00. The fourth-order valence-corrected chi connectivity index (χ4v) is 0.842. The first-order chi connectivity index (χ1) is 4.83. The van der Waals surface area contributed by atoms with Crippen molar-refractivity contribution in [2.75, 3.05) is 20.6 Å². The van der Waals surface area contributed by atoms with Crippen LogP contribution in [-0.2, 0) is 0 Å². The van der Waals surface area contributed by atoms with Gasteiger partial charge in [0.05, 0.1) is 0 Å². The number of nitrogens with zero attached hydrogens (tertiary/aromatic N) is 1. The zero-order valence-electron chi connectivity index (χ0n) is 6.44. The Morgan fingerprint density at radius 1 is 1.70 bits per heavy atom. The van der Waals surface area contributed by atoms with E-state index in [-0.39, 0.29) is 0 Å². The molecule has 0 aliphatic carbocycles. The van der Waals surface area contributed by atoms with Gasteiger partial charge >= 0.3 is 0 Å². The van der Waals surface area contributed by atoms with Crippen molar-refractivity contribution in [1.29, 1.82) is 0 Å². The van der Waals surface area contributed by atoms with Crippen molar-refractivity contribution >= 4 is 0 Å². The molecule has 0 saturated carbocycles. The zero-order chi connectivity index (χ0) is 7.40. The Hall–Kier alpha value is -0.740. The van der Waals surface area contributed by atoms with Gasteiger partial charge in [-0.2, -0.15) is 0 Å². The lowest BCUT2D eigenvalue weighted by Crippen LogP contribution is -2.34. The van der Waals surface area contributed by atoms with E-state index >= 15 is 0 Å². The van der Waals surface area contributed by atoms with Crippen molar-refractivity contribution in [2.24, 2.45) is 0 Å². The second-order valence-electron chi connectivity index (χ2n) is 2.32. The summed E-state index contributed by atoms with van der Waals surface area (Å²) in [6, 6.07) is 0. The van der Waals surface area contributed by atoms with E-state index in [1.54, 1.807) is 0 Å². The third-order valence-electron chi connectivity index (χ3n) is 1.39. The standard InChI is InChI=1S/C6H14N4/c1-7-4-3-6-5-8-10(2)9-6/h5,7-9H,3-4H2,1-2H3. The Morgan fingerprint density at radius 3 is 3.00 bits per heavy atom. The van der Waals surface area contributed by atoms with Crippen LogP contribution in [0.2, 0.25) is 0 Å². The van der Waals surface area contributed by atoms with E-state index in [9.17, 15) is 0 Å². The van der Waals surface area contributed by atoms with Crippen molar-refractivity contribution in [3.8, 4) is 0 Å². The molecule has 0 bridgehead atoms. The van der Waals surface area contributed by atoms with E-state index in [2.05, 4.69) is 16.2 Å². The predicted molar refractivity (Wildman–Crippen MR) is 40.7 cm³/mol. The molecule has 0 aromatic heterocycles. The van der Waals surface area contributed by atoms with Gasteiger partial charge in [0.25, 0.3) is 0 Å². The Bertz CT molecular complexity index is 132. The molecule has 0 fully saturated rings. The average Bonchev–Trinajstić information content (AvgIpc) is 2.31. The van der Waals surface area contributed by atoms with Crippen LogP contribution in [0.3, 0.4) is 0 Å². The zero-order valence-corrected chi connectivity index (χ0v) is 6.44. The molecular weight excluding hydrogens is 128 g/mol. The average molecular weight is 142 g/mol. The summed E-state index contributed by atoms with van der Waals surface area (Å²) in [5, 5.41) is 4.91. The molecule has 10 heavy (non-hydrogen) atoms. The second-order valence-corrected chi connectivity index (χ2v) is 2.32. The second kappa shape index (κ2) is 3.43. The Kier molecular flexibility index (Phi) is 2.53. The number of hydrogen-bond donors (Lipinski definition) is 3. The third kappa shape index (κ3) is 1.89. The van der Waals surface area contributed by atoms with Crippen LogP contribution in [0.4, 0.5) is 0 Å². The fraction of sp³-hybridized carbons (Fsp3) is 0.667. The first-order valence-corrected chi connectivity index (χ1v) is 3.43. The highest BCUT2D eigenvalue weighted by Gasteiger charge is 2.05. The van der Waals surface area contributed by atoms with Crippen LogP contribution in [0.15, 0.2) is 11.9 Å². The number of hydrogen-bond acceptors (Lipinski definition) is 4. The molecule has 1 rings (SSSR count). The van der Waals surface area contributed by atoms with E-state index in [0.29, 0.717) is 0 Å². The summed E-state index contributed by atoms with van der Waals surface area (Å²) in [5.41, 5.74) is 7.36. The maximum absolute atomic E-state index is 3.13. The van der Waals surface area contributed by atoms with Crippen LogP contribution < -0.4 is 16.2 Å². The normalized spacial score (nSPS) is 18.0. The van der Waals surface area contributed by atoms with Crippen LogP contribution in [0.5, 0.6) is 0 Å². The van der Waals surface area contributed by atoms with E-state index in [4.69, 9.17) is 0 Å². The molecule has 58 valence electrons. The fourth-order valence-electron chi connectivity index (χ4n) is 0.842. The molecule has 0 aromatic rings. The van der Waals surface area contributed by atoms with Gasteiger partial charge in [-0.1, -0.05) is 0 Å². The van der Waals surface area contributed by atoms with Crippen LogP contribution in [0.1, 0.15) is 6.42 Å². The molecule has 3 N–H and O–H groups in total. The van der Waals surface area contributed by atoms with E-state index < -0.39 is 0 Å². The molecule has 0 radical (unpaired) electrons. The van der Waals surface area contributed by atoms with Gasteiger partial charge in [-0.05, 0) is 7.05 Å². The molecule has 4 nitrogen and oxygen atoms in total. The van der Waals surface area contributed by atoms with Crippen LogP contribution >= 0.6 is 0 Å². The quantitative estimate of drug-likeness (QED) is 0.491. The summed E-state index contributed by atoms with van der Waals surface area (Å²) in [6.45, 7) is 1.01. The van der Waals surface area contributed by atoms with Gasteiger partial charge in [-0.3, -0.25) is 0 Å². The minimum absolute atomic E-state index is 1.01. The lowest BCUT2D eigenvalue weighted by atomic mass is 10.3. The maximum atomic E-state index is 3.13. The predicted octanol–water partition coefficient (Wildman–Crippen LogP) is -0.608. The van der Waals surface area contributed by atoms with E-state index in [1.807, 2.05) is 25.4 Å². The van der Waals surface area contributed by atoms with Gasteiger partial charge in [0.2, 0.25) is 0 Å². The molecule has 0 unspecified atom stereocenters. The summed E-state index contributed by atoms with van der Waals surface area (Å²) in [5.74, 6) is 0. The molecule has 1 aliphatic heterocycles. The summed E-state index contributed by atoms with van der Waals surface area (Å²) in [4.78, 5) is 0. The van der Waals surface area contributed by atoms with Gasteiger partial charge in [-0.25, -0.2) is 0 Å². The lowest BCUT2D eigenvalue weighted by molar-refractivity contribution is 0.238. The summed E-state index contributed by atoms with van der Waals surface area (Å²) in [7, 11) is 3.88. The van der Waals surface area contributed by atoms with Crippen molar-refractivity contribution in [2.45, 2.75) is 6.42 Å². The van der Waals surface area contributed by atoms with Gasteiger partial charge < -0.3 is 16.2 Å². The summed E-state index contributed by atoms with van der Waals surface area (Å²) in [6.07, 6.45) is 3.01. The van der Waals surface area contributed by atoms with Gasteiger partial charge in [0.15, 0.2) is 0 Å². The lowest BCUT2D eigenvalue weighted by Gasteiger charge is -2.10. The molecule has 0 amide bonds. The minimum atomic E-state index is 1.01. The monoisotopic (exact) mass is 142 g/mol. The molecule has 0 saturated heterocycles. The van der Waals surface area contributed by atoms with Gasteiger partial charge in [0.1, 0.15) is 0 Å². The SMILES string of the molecule is CNCCC1=CNN(C)N1. The first-order valence-electron chi connectivity index (χ1n) is 3.43. The molecular formula is C6H14N4. The van der Waals surface area contributed by atoms with Gasteiger partial charge in [-0.15, -0.1) is 5.12 Å². The molecule has 0 aromatic carbocycles. The number of nitrogens with one attached hydrogen (secondary N) is 3. The summed E-state index contributed by atoms with van der Waals surface area (Å²) >= 11 is 0. The van der Waals surface area contributed by atoms with E-state index in [1.165, 1.54) is 5.70 Å². The highest BCUT2D eigenvalue weighted by Crippen LogP contribution is 1.98. The van der Waals surface area contributed by atoms with Crippen molar-refractivity contribution < 1.29 is 0 Å².